The number of carbonyl (C=O) groups is 1. The smallest absolute Gasteiger partial charge is 0.225 e. The monoisotopic (exact) mass is 535 g/mol. The Bertz CT molecular complexity index is 897. The van der Waals surface area contributed by atoms with Crippen LogP contribution in [0.1, 0.15) is 49.1 Å². The number of nitrogens with one attached hydrogen (secondary N) is 3. The van der Waals surface area contributed by atoms with E-state index in [4.69, 9.17) is 4.74 Å². The van der Waals surface area contributed by atoms with Crippen molar-refractivity contribution in [2.75, 3.05) is 18.9 Å². The first-order valence-electron chi connectivity index (χ1n) is 10.7. The van der Waals surface area contributed by atoms with E-state index in [1.165, 1.54) is 12.8 Å². The maximum atomic E-state index is 12.0. The van der Waals surface area contributed by atoms with E-state index in [9.17, 15) is 4.79 Å². The molecular formula is C23H30IN5O2. The summed E-state index contributed by atoms with van der Waals surface area (Å²) in [5, 5.41) is 9.59. The van der Waals surface area contributed by atoms with Crippen molar-refractivity contribution in [3.63, 3.8) is 0 Å². The number of benzene rings is 1. The average Bonchev–Trinajstić information content (AvgIpc) is 3.28. The normalized spacial score (nSPS) is 18.5. The van der Waals surface area contributed by atoms with Gasteiger partial charge >= 0.3 is 0 Å². The van der Waals surface area contributed by atoms with Crippen LogP contribution in [0.4, 0.5) is 5.69 Å². The number of amides is 1. The maximum absolute atomic E-state index is 12.0. The van der Waals surface area contributed by atoms with Crippen LogP contribution in [0, 0.1) is 0 Å². The van der Waals surface area contributed by atoms with E-state index in [0.717, 1.165) is 29.7 Å². The van der Waals surface area contributed by atoms with E-state index in [0.29, 0.717) is 37.5 Å². The Morgan fingerprint density at radius 3 is 2.74 bits per heavy atom. The third-order valence-corrected chi connectivity index (χ3v) is 5.69. The molecule has 1 saturated carbocycles. The maximum Gasteiger partial charge on any atom is 0.225 e. The summed E-state index contributed by atoms with van der Waals surface area (Å²) >= 11 is 0. The number of guanidine groups is 1. The molecule has 1 aromatic carbocycles. The van der Waals surface area contributed by atoms with Crippen molar-refractivity contribution in [2.45, 2.75) is 50.7 Å². The van der Waals surface area contributed by atoms with Crippen LogP contribution >= 0.6 is 24.0 Å². The van der Waals surface area contributed by atoms with Crippen molar-refractivity contribution in [1.82, 2.24) is 15.6 Å². The molecule has 0 saturated heterocycles. The molecule has 166 valence electrons. The van der Waals surface area contributed by atoms with E-state index in [2.05, 4.69) is 32.0 Å². The second kappa shape index (κ2) is 11.3. The van der Waals surface area contributed by atoms with E-state index in [1.807, 2.05) is 36.5 Å². The van der Waals surface area contributed by atoms with Gasteiger partial charge in [0.05, 0.1) is 0 Å². The number of pyridine rings is 1. The van der Waals surface area contributed by atoms with Gasteiger partial charge in [-0.05, 0) is 42.9 Å². The molecule has 7 nitrogen and oxygen atoms in total. The number of fused-ring (bicyclic) bond motifs is 1. The number of aliphatic imine (C=N–C) groups is 1. The molecule has 0 bridgehead atoms. The van der Waals surface area contributed by atoms with Gasteiger partial charge in [-0.15, -0.1) is 24.0 Å². The van der Waals surface area contributed by atoms with Gasteiger partial charge in [0.1, 0.15) is 6.10 Å². The van der Waals surface area contributed by atoms with Crippen LogP contribution < -0.4 is 20.7 Å². The van der Waals surface area contributed by atoms with Crippen LogP contribution in [-0.4, -0.2) is 36.5 Å². The van der Waals surface area contributed by atoms with E-state index in [1.54, 1.807) is 7.05 Å². The molecule has 2 heterocycles. The summed E-state index contributed by atoms with van der Waals surface area (Å²) in [5.41, 5.74) is 3.11. The fraction of sp³-hybridized carbons (Fsp3) is 0.435. The Morgan fingerprint density at radius 1 is 1.19 bits per heavy atom. The zero-order valence-corrected chi connectivity index (χ0v) is 20.1. The first-order chi connectivity index (χ1) is 14.7. The lowest BCUT2D eigenvalue weighted by Gasteiger charge is -2.26. The highest BCUT2D eigenvalue weighted by atomic mass is 127. The van der Waals surface area contributed by atoms with Crippen LogP contribution in [0.2, 0.25) is 0 Å². The van der Waals surface area contributed by atoms with Gasteiger partial charge in [-0.2, -0.15) is 0 Å². The van der Waals surface area contributed by atoms with Crippen LogP contribution in [0.3, 0.4) is 0 Å². The highest BCUT2D eigenvalue weighted by Gasteiger charge is 2.24. The SMILES string of the molecule is CN=C(NCc1ccc(OC2CCCC2)nc1)NCC1CC(=O)Nc2ccccc21.I. The van der Waals surface area contributed by atoms with Gasteiger partial charge in [0.25, 0.3) is 0 Å². The van der Waals surface area contributed by atoms with Crippen LogP contribution in [0.15, 0.2) is 47.6 Å². The van der Waals surface area contributed by atoms with Gasteiger partial charge in [0.15, 0.2) is 5.96 Å². The molecule has 0 spiro atoms. The summed E-state index contributed by atoms with van der Waals surface area (Å²) in [5.74, 6) is 1.56. The Hall–Kier alpha value is -2.36. The lowest BCUT2D eigenvalue weighted by molar-refractivity contribution is -0.116. The molecule has 3 N–H and O–H groups in total. The van der Waals surface area contributed by atoms with E-state index < -0.39 is 0 Å². The Balaban J connectivity index is 0.00000272. The summed E-state index contributed by atoms with van der Waals surface area (Å²) < 4.78 is 5.92. The molecule has 2 aromatic rings. The average molecular weight is 535 g/mol. The molecule has 1 aromatic heterocycles. The number of nitrogens with zero attached hydrogens (tertiary/aromatic N) is 2. The summed E-state index contributed by atoms with van der Waals surface area (Å²) in [6.07, 6.45) is 7.36. The first kappa shape index (κ1) is 23.3. The minimum absolute atomic E-state index is 0. The number of carbonyl (C=O) groups excluding carboxylic acids is 1. The third-order valence-electron chi connectivity index (χ3n) is 5.69. The zero-order chi connectivity index (χ0) is 20.8. The highest BCUT2D eigenvalue weighted by molar-refractivity contribution is 14.0. The number of aromatic nitrogens is 1. The molecule has 1 unspecified atom stereocenters. The third kappa shape index (κ3) is 6.32. The van der Waals surface area contributed by atoms with E-state index >= 15 is 0 Å². The Labute approximate surface area is 200 Å². The number of hydrogen-bond donors (Lipinski definition) is 3. The van der Waals surface area contributed by atoms with Gasteiger partial charge < -0.3 is 20.7 Å². The van der Waals surface area contributed by atoms with Crippen molar-refractivity contribution >= 4 is 41.5 Å². The summed E-state index contributed by atoms with van der Waals surface area (Å²) in [6.45, 7) is 1.24. The molecule has 1 aliphatic carbocycles. The molecular weight excluding hydrogens is 505 g/mol. The number of anilines is 1. The summed E-state index contributed by atoms with van der Waals surface area (Å²) in [6, 6.07) is 11.9. The number of para-hydroxylation sites is 1. The van der Waals surface area contributed by atoms with E-state index in [-0.39, 0.29) is 35.8 Å². The summed E-state index contributed by atoms with van der Waals surface area (Å²) in [4.78, 5) is 20.7. The number of halogens is 1. The lowest BCUT2D eigenvalue weighted by Crippen LogP contribution is -2.40. The van der Waals surface area contributed by atoms with Crippen molar-refractivity contribution < 1.29 is 9.53 Å². The molecule has 1 fully saturated rings. The van der Waals surface area contributed by atoms with Crippen molar-refractivity contribution in [2.24, 2.45) is 4.99 Å². The quantitative estimate of drug-likeness (QED) is 0.298. The van der Waals surface area contributed by atoms with Crippen molar-refractivity contribution in [1.29, 1.82) is 0 Å². The highest BCUT2D eigenvalue weighted by Crippen LogP contribution is 2.31. The van der Waals surface area contributed by atoms with Gasteiger partial charge in [0, 0.05) is 50.4 Å². The minimum Gasteiger partial charge on any atom is -0.474 e. The topological polar surface area (TPSA) is 87.6 Å². The van der Waals surface area contributed by atoms with Crippen molar-refractivity contribution in [3.8, 4) is 5.88 Å². The molecule has 0 radical (unpaired) electrons. The van der Waals surface area contributed by atoms with Gasteiger partial charge in [-0.3, -0.25) is 9.79 Å². The molecule has 8 heteroatoms. The Morgan fingerprint density at radius 2 is 2.00 bits per heavy atom. The first-order valence-corrected chi connectivity index (χ1v) is 10.7. The molecule has 31 heavy (non-hydrogen) atoms. The standard InChI is InChI=1S/C23H29N5O2.HI/c1-24-23(27-15-17-12-21(29)28-20-9-5-4-8-19(17)20)26-14-16-10-11-22(25-13-16)30-18-6-2-3-7-18;/h4-5,8-11,13,17-18H,2-3,6-7,12,14-15H2,1H3,(H,28,29)(H2,24,26,27);1H. The van der Waals surface area contributed by atoms with Crippen LogP contribution in [0.5, 0.6) is 5.88 Å². The largest absolute Gasteiger partial charge is 0.474 e. The summed E-state index contributed by atoms with van der Waals surface area (Å²) in [7, 11) is 1.74. The molecule has 1 atom stereocenters. The van der Waals surface area contributed by atoms with Crippen LogP contribution in [0.25, 0.3) is 0 Å². The number of ether oxygens (including phenoxy) is 1. The molecule has 1 aliphatic heterocycles. The minimum atomic E-state index is 0. The lowest BCUT2D eigenvalue weighted by atomic mass is 9.90. The fourth-order valence-electron chi connectivity index (χ4n) is 4.07. The van der Waals surface area contributed by atoms with Crippen LogP contribution in [-0.2, 0) is 11.3 Å². The van der Waals surface area contributed by atoms with Gasteiger partial charge in [-0.1, -0.05) is 24.3 Å². The second-order valence-electron chi connectivity index (χ2n) is 7.87. The molecule has 1 amide bonds. The predicted molar refractivity (Wildman–Crippen MR) is 133 cm³/mol. The predicted octanol–water partition coefficient (Wildman–Crippen LogP) is 3.81. The zero-order valence-electron chi connectivity index (χ0n) is 17.8. The number of rotatable bonds is 6. The number of hydrogen-bond acceptors (Lipinski definition) is 4. The fourth-order valence-corrected chi connectivity index (χ4v) is 4.07. The van der Waals surface area contributed by atoms with Gasteiger partial charge in [0.2, 0.25) is 11.8 Å². The Kier molecular flexibility index (Phi) is 8.51. The van der Waals surface area contributed by atoms with Gasteiger partial charge in [-0.25, -0.2) is 4.98 Å². The van der Waals surface area contributed by atoms with Crippen molar-refractivity contribution in [3.05, 3.63) is 53.7 Å². The molecule has 4 rings (SSSR count). The second-order valence-corrected chi connectivity index (χ2v) is 7.87. The molecule has 2 aliphatic rings.